The summed E-state index contributed by atoms with van der Waals surface area (Å²) in [5, 5.41) is -0.222. The van der Waals surface area contributed by atoms with Crippen molar-refractivity contribution in [3.63, 3.8) is 0 Å². The van der Waals surface area contributed by atoms with Crippen molar-refractivity contribution in [2.75, 3.05) is 13.1 Å². The molecule has 1 unspecified atom stereocenters. The zero-order valence-corrected chi connectivity index (χ0v) is 18.0. The summed E-state index contributed by atoms with van der Waals surface area (Å²) in [6.45, 7) is 0.849. The first-order valence-electron chi connectivity index (χ1n) is 9.83. The van der Waals surface area contributed by atoms with E-state index in [1.54, 1.807) is 23.1 Å². The summed E-state index contributed by atoms with van der Waals surface area (Å²) >= 11 is 5.72. The number of alkyl halides is 3. The Labute approximate surface area is 183 Å². The zero-order chi connectivity index (χ0) is 22.4. The van der Waals surface area contributed by atoms with E-state index in [0.717, 1.165) is 34.8 Å². The molecule has 2 aromatic rings. The summed E-state index contributed by atoms with van der Waals surface area (Å²) in [6.07, 6.45) is -3.18. The topological polar surface area (TPSA) is 57.7 Å². The molecule has 2 aliphatic heterocycles. The van der Waals surface area contributed by atoms with Gasteiger partial charge in [0.25, 0.3) is 0 Å². The molecule has 0 radical (unpaired) electrons. The summed E-state index contributed by atoms with van der Waals surface area (Å²) in [4.78, 5) is 13.9. The smallest absolute Gasteiger partial charge is 0.341 e. The van der Waals surface area contributed by atoms with Crippen molar-refractivity contribution < 1.29 is 26.4 Å². The number of rotatable bonds is 3. The van der Waals surface area contributed by atoms with Crippen LogP contribution < -0.4 is 0 Å². The molecule has 1 fully saturated rings. The van der Waals surface area contributed by atoms with Crippen LogP contribution in [0.1, 0.15) is 29.5 Å². The number of hydrogen-bond donors (Lipinski definition) is 0. The van der Waals surface area contributed by atoms with Crippen LogP contribution >= 0.6 is 11.6 Å². The zero-order valence-electron chi connectivity index (χ0n) is 16.4. The van der Waals surface area contributed by atoms with Crippen LogP contribution in [0.5, 0.6) is 0 Å². The molecular formula is C21H20ClF3N2O3S. The van der Waals surface area contributed by atoms with Gasteiger partial charge in [-0.05, 0) is 48.6 Å². The first-order chi connectivity index (χ1) is 14.6. The van der Waals surface area contributed by atoms with Crippen molar-refractivity contribution in [3.8, 4) is 0 Å². The van der Waals surface area contributed by atoms with Gasteiger partial charge in [-0.25, -0.2) is 8.42 Å². The van der Waals surface area contributed by atoms with Crippen LogP contribution in [0.2, 0.25) is 5.02 Å². The fourth-order valence-corrected chi connectivity index (χ4v) is 6.11. The maximum atomic E-state index is 13.6. The summed E-state index contributed by atoms with van der Waals surface area (Å²) in [5.74, 6) is -0.377. The highest BCUT2D eigenvalue weighted by Crippen LogP contribution is 2.39. The van der Waals surface area contributed by atoms with Gasteiger partial charge in [0.1, 0.15) is 6.04 Å². The molecular weight excluding hydrogens is 453 g/mol. The van der Waals surface area contributed by atoms with E-state index in [1.165, 1.54) is 0 Å². The van der Waals surface area contributed by atoms with Crippen LogP contribution in [0, 0.1) is 0 Å². The van der Waals surface area contributed by atoms with E-state index in [0.29, 0.717) is 24.7 Å². The standard InChI is InChI=1S/C21H20ClF3N2O3S/c22-16-7-8-19(17(12-16)21(23,24)25)31(29,30)27-13-15-6-2-1-5-14(15)11-18(27)20(28)26-9-3-4-10-26/h1-2,5-8,12,18H,3-4,9-11,13H2. The molecule has 0 aromatic heterocycles. The quantitative estimate of drug-likeness (QED) is 0.676. The largest absolute Gasteiger partial charge is 0.417 e. The average Bonchev–Trinajstić information content (AvgIpc) is 3.26. The maximum Gasteiger partial charge on any atom is 0.417 e. The van der Waals surface area contributed by atoms with Crippen molar-refractivity contribution in [2.45, 2.75) is 42.9 Å². The molecule has 5 nitrogen and oxygen atoms in total. The molecule has 1 saturated heterocycles. The van der Waals surface area contributed by atoms with Crippen LogP contribution in [-0.2, 0) is 34.0 Å². The number of amides is 1. The van der Waals surface area contributed by atoms with Crippen molar-refractivity contribution in [2.24, 2.45) is 0 Å². The molecule has 10 heteroatoms. The number of likely N-dealkylation sites (tertiary alicyclic amines) is 1. The minimum atomic E-state index is -4.92. The molecule has 1 amide bonds. The Morgan fingerprint density at radius 1 is 1.03 bits per heavy atom. The van der Waals surface area contributed by atoms with Crippen molar-refractivity contribution in [1.29, 1.82) is 0 Å². The number of nitrogens with zero attached hydrogens (tertiary/aromatic N) is 2. The second-order valence-corrected chi connectivity index (χ2v) is 10.0. The van der Waals surface area contributed by atoms with Crippen molar-refractivity contribution in [3.05, 3.63) is 64.2 Å². The molecule has 166 valence electrons. The predicted octanol–water partition coefficient (Wildman–Crippen LogP) is 4.10. The molecule has 31 heavy (non-hydrogen) atoms. The third kappa shape index (κ3) is 4.18. The molecule has 0 spiro atoms. The molecule has 0 aliphatic carbocycles. The van der Waals surface area contributed by atoms with Crippen LogP contribution in [0.3, 0.4) is 0 Å². The molecule has 2 aliphatic rings. The van der Waals surface area contributed by atoms with Gasteiger partial charge >= 0.3 is 6.18 Å². The highest BCUT2D eigenvalue weighted by Gasteiger charge is 2.45. The van der Waals surface area contributed by atoms with Crippen molar-refractivity contribution in [1.82, 2.24) is 9.21 Å². The average molecular weight is 473 g/mol. The van der Waals surface area contributed by atoms with Crippen LogP contribution in [0.4, 0.5) is 13.2 Å². The fourth-order valence-electron chi connectivity index (χ4n) is 4.19. The third-order valence-electron chi connectivity index (χ3n) is 5.74. The molecule has 0 saturated carbocycles. The highest BCUT2D eigenvalue weighted by molar-refractivity contribution is 7.89. The Bertz CT molecular complexity index is 1120. The summed E-state index contributed by atoms with van der Waals surface area (Å²) in [7, 11) is -4.65. The van der Waals surface area contributed by atoms with Crippen LogP contribution in [-0.4, -0.2) is 42.7 Å². The lowest BCUT2D eigenvalue weighted by Gasteiger charge is -2.37. The highest BCUT2D eigenvalue weighted by atomic mass is 35.5. The summed E-state index contributed by atoms with van der Waals surface area (Å²) in [6, 6.07) is 8.53. The minimum Gasteiger partial charge on any atom is -0.341 e. The van der Waals surface area contributed by atoms with Gasteiger partial charge in [0, 0.05) is 24.7 Å². The Hall–Kier alpha value is -2.10. The normalized spacial score (nSPS) is 20.0. The van der Waals surface area contributed by atoms with E-state index >= 15 is 0 Å². The van der Waals surface area contributed by atoms with Gasteiger partial charge in [-0.1, -0.05) is 35.9 Å². The molecule has 2 aromatic carbocycles. The minimum absolute atomic E-state index is 0.111. The van der Waals surface area contributed by atoms with Crippen LogP contribution in [0.25, 0.3) is 0 Å². The lowest BCUT2D eigenvalue weighted by Crippen LogP contribution is -2.53. The fraction of sp³-hybridized carbons (Fsp3) is 0.381. The Morgan fingerprint density at radius 2 is 1.68 bits per heavy atom. The van der Waals surface area contributed by atoms with E-state index in [2.05, 4.69) is 0 Å². The van der Waals surface area contributed by atoms with Crippen LogP contribution in [0.15, 0.2) is 47.4 Å². The van der Waals surface area contributed by atoms with E-state index in [1.807, 2.05) is 6.07 Å². The molecule has 1 atom stereocenters. The summed E-state index contributed by atoms with van der Waals surface area (Å²) in [5.41, 5.74) is 0.143. The van der Waals surface area contributed by atoms with Gasteiger partial charge in [-0.15, -0.1) is 0 Å². The maximum absolute atomic E-state index is 13.6. The number of sulfonamides is 1. The Balaban J connectivity index is 1.82. The van der Waals surface area contributed by atoms with Gasteiger partial charge in [0.15, 0.2) is 0 Å². The lowest BCUT2D eigenvalue weighted by molar-refractivity contribution is -0.139. The number of halogens is 4. The number of fused-ring (bicyclic) bond motifs is 1. The second kappa shape index (κ2) is 8.11. The second-order valence-electron chi connectivity index (χ2n) is 7.71. The first kappa shape index (κ1) is 22.1. The van der Waals surface area contributed by atoms with Gasteiger partial charge in [0.05, 0.1) is 10.5 Å². The molecule has 4 rings (SSSR count). The summed E-state index contributed by atoms with van der Waals surface area (Å²) < 4.78 is 68.9. The third-order valence-corrected chi connectivity index (χ3v) is 7.89. The number of carbonyl (C=O) groups is 1. The van der Waals surface area contributed by atoms with Gasteiger partial charge < -0.3 is 4.90 Å². The lowest BCUT2D eigenvalue weighted by atomic mass is 9.95. The first-order valence-corrected chi connectivity index (χ1v) is 11.6. The number of benzene rings is 2. The monoisotopic (exact) mass is 472 g/mol. The van der Waals surface area contributed by atoms with Gasteiger partial charge in [-0.3, -0.25) is 4.79 Å². The Morgan fingerprint density at radius 3 is 2.32 bits per heavy atom. The van der Waals surface area contributed by atoms with E-state index in [4.69, 9.17) is 11.6 Å². The van der Waals surface area contributed by atoms with Gasteiger partial charge in [-0.2, -0.15) is 17.5 Å². The molecule has 0 N–H and O–H groups in total. The van der Waals surface area contributed by atoms with E-state index in [-0.39, 0.29) is 23.9 Å². The SMILES string of the molecule is O=C(C1Cc2ccccc2CN1S(=O)(=O)c1ccc(Cl)cc1C(F)(F)F)N1CCCC1. The van der Waals surface area contributed by atoms with E-state index in [9.17, 15) is 26.4 Å². The number of hydrogen-bond acceptors (Lipinski definition) is 3. The van der Waals surface area contributed by atoms with E-state index < -0.39 is 32.7 Å². The van der Waals surface area contributed by atoms with Gasteiger partial charge in [0.2, 0.25) is 15.9 Å². The molecule has 2 heterocycles. The number of carbonyl (C=O) groups excluding carboxylic acids is 1. The van der Waals surface area contributed by atoms with Crippen molar-refractivity contribution >= 4 is 27.5 Å². The molecule has 0 bridgehead atoms. The Kier molecular flexibility index (Phi) is 5.78. The predicted molar refractivity (Wildman–Crippen MR) is 109 cm³/mol.